The van der Waals surface area contributed by atoms with E-state index in [2.05, 4.69) is 28.9 Å². The fourth-order valence-corrected chi connectivity index (χ4v) is 2.39. The normalized spacial score (nSPS) is 17.4. The van der Waals surface area contributed by atoms with E-state index in [4.69, 9.17) is 5.73 Å². The quantitative estimate of drug-likeness (QED) is 0.786. The number of hydrogen-bond acceptors (Lipinski definition) is 3. The highest BCUT2D eigenvalue weighted by Crippen LogP contribution is 2.34. The summed E-state index contributed by atoms with van der Waals surface area (Å²) in [6, 6.07) is 5.33. The maximum Gasteiger partial charge on any atom is 0.0474 e. The molecular weight excluding hydrogens is 210 g/mol. The molecule has 0 aliphatic heterocycles. The maximum absolute atomic E-state index is 5.98. The molecule has 17 heavy (non-hydrogen) atoms. The molecule has 3 heteroatoms. The van der Waals surface area contributed by atoms with Gasteiger partial charge >= 0.3 is 0 Å². The molecule has 2 N–H and O–H groups in total. The van der Waals surface area contributed by atoms with Crippen LogP contribution >= 0.6 is 0 Å². The van der Waals surface area contributed by atoms with Crippen molar-refractivity contribution in [2.24, 2.45) is 5.73 Å². The third kappa shape index (κ3) is 3.27. The van der Waals surface area contributed by atoms with Crippen LogP contribution in [0.1, 0.15) is 44.2 Å². The van der Waals surface area contributed by atoms with E-state index in [1.807, 2.05) is 12.4 Å². The Morgan fingerprint density at radius 2 is 2.12 bits per heavy atom. The van der Waals surface area contributed by atoms with E-state index in [-0.39, 0.29) is 0 Å². The average molecular weight is 233 g/mol. The maximum atomic E-state index is 5.98. The lowest BCUT2D eigenvalue weighted by molar-refractivity contribution is 0.188. The molecule has 1 fully saturated rings. The highest BCUT2D eigenvalue weighted by molar-refractivity contribution is 5.16. The molecule has 1 aliphatic rings. The van der Waals surface area contributed by atoms with Crippen LogP contribution in [-0.2, 0) is 0 Å². The second-order valence-electron chi connectivity index (χ2n) is 4.85. The Morgan fingerprint density at radius 3 is 2.65 bits per heavy atom. The number of rotatable bonds is 7. The van der Waals surface area contributed by atoms with Crippen molar-refractivity contribution in [3.63, 3.8) is 0 Å². The summed E-state index contributed by atoms with van der Waals surface area (Å²) >= 11 is 0. The van der Waals surface area contributed by atoms with Gasteiger partial charge in [0.2, 0.25) is 0 Å². The van der Waals surface area contributed by atoms with Crippen LogP contribution in [-0.4, -0.2) is 29.0 Å². The minimum absolute atomic E-state index is 0.372. The molecule has 1 unspecified atom stereocenters. The van der Waals surface area contributed by atoms with E-state index in [0.29, 0.717) is 12.6 Å². The van der Waals surface area contributed by atoms with Gasteiger partial charge in [0.05, 0.1) is 0 Å². The van der Waals surface area contributed by atoms with Crippen LogP contribution in [0.4, 0.5) is 0 Å². The largest absolute Gasteiger partial charge is 0.329 e. The molecule has 1 heterocycles. The fraction of sp³-hybridized carbons (Fsp3) is 0.643. The Morgan fingerprint density at radius 1 is 1.41 bits per heavy atom. The zero-order valence-corrected chi connectivity index (χ0v) is 10.7. The zero-order chi connectivity index (χ0) is 12.1. The predicted molar refractivity (Wildman–Crippen MR) is 70.7 cm³/mol. The number of pyridine rings is 1. The zero-order valence-electron chi connectivity index (χ0n) is 10.7. The van der Waals surface area contributed by atoms with Gasteiger partial charge in [-0.1, -0.05) is 13.3 Å². The molecule has 3 nitrogen and oxygen atoms in total. The van der Waals surface area contributed by atoms with Crippen LogP contribution < -0.4 is 5.73 Å². The van der Waals surface area contributed by atoms with E-state index >= 15 is 0 Å². The molecule has 2 rings (SSSR count). The molecule has 0 spiro atoms. The topological polar surface area (TPSA) is 42.1 Å². The van der Waals surface area contributed by atoms with Gasteiger partial charge in [-0.25, -0.2) is 0 Å². The van der Waals surface area contributed by atoms with Crippen molar-refractivity contribution >= 4 is 0 Å². The van der Waals surface area contributed by atoms with Crippen molar-refractivity contribution in [2.45, 2.75) is 44.7 Å². The second-order valence-corrected chi connectivity index (χ2v) is 4.85. The molecule has 1 aliphatic carbocycles. The van der Waals surface area contributed by atoms with Crippen LogP contribution in [0.15, 0.2) is 24.5 Å². The molecule has 1 aromatic rings. The van der Waals surface area contributed by atoms with Crippen molar-refractivity contribution in [1.29, 1.82) is 0 Å². The lowest BCUT2D eigenvalue weighted by atomic mass is 10.1. The lowest BCUT2D eigenvalue weighted by Crippen LogP contribution is -2.36. The van der Waals surface area contributed by atoms with Gasteiger partial charge in [0.1, 0.15) is 0 Å². The Bertz CT molecular complexity index is 321. The Hall–Kier alpha value is -0.930. The minimum Gasteiger partial charge on any atom is -0.329 e. The summed E-state index contributed by atoms with van der Waals surface area (Å²) in [5.74, 6) is 0. The Balaban J connectivity index is 2.08. The summed E-state index contributed by atoms with van der Waals surface area (Å²) in [6.07, 6.45) is 8.91. The predicted octanol–water partition coefficient (Wildman–Crippen LogP) is 2.35. The van der Waals surface area contributed by atoms with Gasteiger partial charge in [-0.15, -0.1) is 0 Å². The first-order valence-corrected chi connectivity index (χ1v) is 6.72. The first-order chi connectivity index (χ1) is 8.36. The van der Waals surface area contributed by atoms with Gasteiger partial charge in [0.25, 0.3) is 0 Å². The standard InChI is InChI=1S/C14H23N3/c1-2-3-10-17(13-4-5-13)14(11-15)12-6-8-16-9-7-12/h6-9,13-14H,2-5,10-11,15H2,1H3. The third-order valence-electron chi connectivity index (χ3n) is 3.50. The fourth-order valence-electron chi connectivity index (χ4n) is 2.39. The van der Waals surface area contributed by atoms with Crippen LogP contribution in [0.5, 0.6) is 0 Å². The van der Waals surface area contributed by atoms with Crippen LogP contribution in [0, 0.1) is 0 Å². The van der Waals surface area contributed by atoms with Gasteiger partial charge in [0, 0.05) is 31.0 Å². The highest BCUT2D eigenvalue weighted by atomic mass is 15.2. The molecular formula is C14H23N3. The number of nitrogens with zero attached hydrogens (tertiary/aromatic N) is 2. The summed E-state index contributed by atoms with van der Waals surface area (Å²) in [4.78, 5) is 6.68. The lowest BCUT2D eigenvalue weighted by Gasteiger charge is -2.31. The molecule has 0 saturated heterocycles. The van der Waals surface area contributed by atoms with Crippen molar-refractivity contribution in [3.05, 3.63) is 30.1 Å². The Labute approximate surface area is 104 Å². The smallest absolute Gasteiger partial charge is 0.0474 e. The van der Waals surface area contributed by atoms with Crippen LogP contribution in [0.3, 0.4) is 0 Å². The number of unbranched alkanes of at least 4 members (excludes halogenated alkanes) is 1. The number of hydrogen-bond donors (Lipinski definition) is 1. The summed E-state index contributed by atoms with van der Waals surface area (Å²) < 4.78 is 0. The van der Waals surface area contributed by atoms with E-state index in [9.17, 15) is 0 Å². The third-order valence-corrected chi connectivity index (χ3v) is 3.50. The summed E-state index contributed by atoms with van der Waals surface area (Å²) in [5.41, 5.74) is 7.29. The number of aromatic nitrogens is 1. The molecule has 0 amide bonds. The van der Waals surface area contributed by atoms with E-state index < -0.39 is 0 Å². The molecule has 0 aromatic carbocycles. The van der Waals surface area contributed by atoms with Crippen molar-refractivity contribution in [2.75, 3.05) is 13.1 Å². The van der Waals surface area contributed by atoms with Gasteiger partial charge < -0.3 is 5.73 Å². The van der Waals surface area contributed by atoms with Crippen LogP contribution in [0.2, 0.25) is 0 Å². The van der Waals surface area contributed by atoms with Gasteiger partial charge in [-0.05, 0) is 43.5 Å². The molecule has 0 radical (unpaired) electrons. The van der Waals surface area contributed by atoms with E-state index in [0.717, 1.165) is 6.04 Å². The molecule has 94 valence electrons. The Kier molecular flexibility index (Phi) is 4.51. The highest BCUT2D eigenvalue weighted by Gasteiger charge is 2.33. The van der Waals surface area contributed by atoms with E-state index in [1.165, 1.54) is 37.8 Å². The first kappa shape index (κ1) is 12.5. The van der Waals surface area contributed by atoms with Gasteiger partial charge in [-0.3, -0.25) is 9.88 Å². The van der Waals surface area contributed by atoms with E-state index in [1.54, 1.807) is 0 Å². The van der Waals surface area contributed by atoms with Crippen molar-refractivity contribution in [3.8, 4) is 0 Å². The molecule has 0 bridgehead atoms. The first-order valence-electron chi connectivity index (χ1n) is 6.72. The van der Waals surface area contributed by atoms with Gasteiger partial charge in [-0.2, -0.15) is 0 Å². The average Bonchev–Trinajstić information content (AvgIpc) is 3.20. The summed E-state index contributed by atoms with van der Waals surface area (Å²) in [6.45, 7) is 4.12. The number of nitrogens with two attached hydrogens (primary N) is 1. The van der Waals surface area contributed by atoms with Crippen molar-refractivity contribution in [1.82, 2.24) is 9.88 Å². The van der Waals surface area contributed by atoms with Crippen molar-refractivity contribution < 1.29 is 0 Å². The van der Waals surface area contributed by atoms with Gasteiger partial charge in [0.15, 0.2) is 0 Å². The molecule has 1 aromatic heterocycles. The summed E-state index contributed by atoms with van der Waals surface area (Å²) in [7, 11) is 0. The van der Waals surface area contributed by atoms with Crippen LogP contribution in [0.25, 0.3) is 0 Å². The monoisotopic (exact) mass is 233 g/mol. The second kappa shape index (κ2) is 6.12. The SMILES string of the molecule is CCCCN(C1CC1)C(CN)c1ccncc1. The summed E-state index contributed by atoms with van der Waals surface area (Å²) in [5, 5.41) is 0. The molecule has 1 atom stereocenters. The molecule has 1 saturated carbocycles. The minimum atomic E-state index is 0.372.